The van der Waals surface area contributed by atoms with Gasteiger partial charge in [-0.15, -0.1) is 0 Å². The molecule has 1 atom stereocenters. The van der Waals surface area contributed by atoms with E-state index < -0.39 is 6.10 Å². The number of pyridine rings is 1. The van der Waals surface area contributed by atoms with Crippen LogP contribution in [0.1, 0.15) is 22.0 Å². The van der Waals surface area contributed by atoms with Crippen LogP contribution in [0.4, 0.5) is 0 Å². The molecule has 110 valence electrons. The Hall–Kier alpha value is -2.11. The Morgan fingerprint density at radius 2 is 2.14 bits per heavy atom. The van der Waals surface area contributed by atoms with Gasteiger partial charge in [0, 0.05) is 23.3 Å². The van der Waals surface area contributed by atoms with Crippen molar-refractivity contribution in [3.63, 3.8) is 0 Å². The van der Waals surface area contributed by atoms with Gasteiger partial charge in [0.2, 0.25) is 5.88 Å². The molecule has 21 heavy (non-hydrogen) atoms. The number of carbonyl (C=O) groups excluding carboxylic acids is 1. The number of amides is 1. The van der Waals surface area contributed by atoms with E-state index in [0.29, 0.717) is 16.1 Å². The molecule has 1 heterocycles. The standard InChI is InChI=1S/C15H15ClN2O3/c1-21-15-11(6-4-8-17-15)14(20)18-9-13(19)10-5-2-3-7-12(10)16/h2-8,13,19H,9H2,1H3,(H,18,20). The zero-order chi connectivity index (χ0) is 15.2. The quantitative estimate of drug-likeness (QED) is 0.888. The van der Waals surface area contributed by atoms with Crippen LogP contribution >= 0.6 is 11.6 Å². The van der Waals surface area contributed by atoms with E-state index in [4.69, 9.17) is 16.3 Å². The molecule has 0 saturated carbocycles. The lowest BCUT2D eigenvalue weighted by atomic mass is 10.1. The molecule has 0 fully saturated rings. The van der Waals surface area contributed by atoms with Crippen LogP contribution in [-0.4, -0.2) is 29.7 Å². The van der Waals surface area contributed by atoms with Gasteiger partial charge in [-0.3, -0.25) is 4.79 Å². The highest BCUT2D eigenvalue weighted by Gasteiger charge is 2.16. The van der Waals surface area contributed by atoms with Gasteiger partial charge in [0.1, 0.15) is 5.56 Å². The van der Waals surface area contributed by atoms with E-state index in [-0.39, 0.29) is 18.3 Å². The van der Waals surface area contributed by atoms with Crippen molar-refractivity contribution in [1.29, 1.82) is 0 Å². The summed E-state index contributed by atoms with van der Waals surface area (Å²) < 4.78 is 5.02. The van der Waals surface area contributed by atoms with Gasteiger partial charge in [-0.05, 0) is 18.2 Å². The maximum atomic E-state index is 12.1. The van der Waals surface area contributed by atoms with Crippen LogP contribution in [-0.2, 0) is 0 Å². The number of nitrogens with zero attached hydrogens (tertiary/aromatic N) is 1. The number of hydrogen-bond donors (Lipinski definition) is 2. The maximum absolute atomic E-state index is 12.1. The van der Waals surface area contributed by atoms with Gasteiger partial charge in [-0.1, -0.05) is 29.8 Å². The Balaban J connectivity index is 2.03. The predicted octanol–water partition coefficient (Wildman–Crippen LogP) is 2.21. The van der Waals surface area contributed by atoms with Crippen molar-refractivity contribution < 1.29 is 14.6 Å². The van der Waals surface area contributed by atoms with Gasteiger partial charge in [0.25, 0.3) is 5.91 Å². The normalized spacial score (nSPS) is 11.8. The summed E-state index contributed by atoms with van der Waals surface area (Å²) in [6.07, 6.45) is 0.652. The number of benzene rings is 1. The lowest BCUT2D eigenvalue weighted by molar-refractivity contribution is 0.0912. The second kappa shape index (κ2) is 7.06. The molecule has 0 radical (unpaired) electrons. The summed E-state index contributed by atoms with van der Waals surface area (Å²) in [5, 5.41) is 13.2. The molecular formula is C15H15ClN2O3. The minimum atomic E-state index is -0.884. The number of nitrogens with one attached hydrogen (secondary N) is 1. The molecule has 5 nitrogen and oxygen atoms in total. The van der Waals surface area contributed by atoms with E-state index in [9.17, 15) is 9.90 Å². The van der Waals surface area contributed by atoms with Gasteiger partial charge < -0.3 is 15.2 Å². The third-order valence-corrected chi connectivity index (χ3v) is 3.27. The van der Waals surface area contributed by atoms with Gasteiger partial charge in [-0.2, -0.15) is 0 Å². The lowest BCUT2D eigenvalue weighted by Crippen LogP contribution is -2.29. The molecule has 0 bridgehead atoms. The molecular weight excluding hydrogens is 292 g/mol. The molecule has 1 aromatic carbocycles. The summed E-state index contributed by atoms with van der Waals surface area (Å²) in [6.45, 7) is 0.0423. The third-order valence-electron chi connectivity index (χ3n) is 2.93. The third kappa shape index (κ3) is 3.71. The first-order chi connectivity index (χ1) is 10.1. The number of aliphatic hydroxyl groups excluding tert-OH is 1. The summed E-state index contributed by atoms with van der Waals surface area (Å²) >= 11 is 6.00. The van der Waals surface area contributed by atoms with Crippen molar-refractivity contribution >= 4 is 17.5 Å². The number of aliphatic hydroxyl groups is 1. The molecule has 2 rings (SSSR count). The summed E-state index contributed by atoms with van der Waals surface area (Å²) in [6, 6.07) is 10.2. The Bertz CT molecular complexity index is 634. The average Bonchev–Trinajstić information content (AvgIpc) is 2.52. The van der Waals surface area contributed by atoms with Crippen molar-refractivity contribution in [3.05, 3.63) is 58.7 Å². The Labute approximate surface area is 127 Å². The van der Waals surface area contributed by atoms with Crippen molar-refractivity contribution in [2.45, 2.75) is 6.10 Å². The number of hydrogen-bond acceptors (Lipinski definition) is 4. The molecule has 0 spiro atoms. The van der Waals surface area contributed by atoms with E-state index in [1.807, 2.05) is 0 Å². The zero-order valence-corrected chi connectivity index (χ0v) is 12.2. The molecule has 1 unspecified atom stereocenters. The molecule has 1 amide bonds. The maximum Gasteiger partial charge on any atom is 0.256 e. The van der Waals surface area contributed by atoms with Gasteiger partial charge in [-0.25, -0.2) is 4.98 Å². The van der Waals surface area contributed by atoms with Gasteiger partial charge in [0.15, 0.2) is 0 Å². The molecule has 0 aliphatic carbocycles. The largest absolute Gasteiger partial charge is 0.480 e. The smallest absolute Gasteiger partial charge is 0.256 e. The number of aromatic nitrogens is 1. The van der Waals surface area contributed by atoms with Crippen LogP contribution < -0.4 is 10.1 Å². The average molecular weight is 307 g/mol. The first-order valence-corrected chi connectivity index (χ1v) is 6.71. The molecule has 0 saturated heterocycles. The van der Waals surface area contributed by atoms with Crippen molar-refractivity contribution in [2.75, 3.05) is 13.7 Å². The Kier molecular flexibility index (Phi) is 5.14. The van der Waals surface area contributed by atoms with Gasteiger partial charge in [0.05, 0.1) is 13.2 Å². The van der Waals surface area contributed by atoms with Crippen molar-refractivity contribution in [2.24, 2.45) is 0 Å². The highest BCUT2D eigenvalue weighted by Crippen LogP contribution is 2.22. The first-order valence-electron chi connectivity index (χ1n) is 6.33. The van der Waals surface area contributed by atoms with Crippen LogP contribution in [0.15, 0.2) is 42.6 Å². The van der Waals surface area contributed by atoms with Crippen LogP contribution in [0.25, 0.3) is 0 Å². The van der Waals surface area contributed by atoms with Crippen molar-refractivity contribution in [3.8, 4) is 5.88 Å². The highest BCUT2D eigenvalue weighted by molar-refractivity contribution is 6.31. The molecule has 2 N–H and O–H groups in total. The second-order valence-corrected chi connectivity index (χ2v) is 4.71. The number of ether oxygens (including phenoxy) is 1. The van der Waals surface area contributed by atoms with Gasteiger partial charge >= 0.3 is 0 Å². The molecule has 0 aliphatic heterocycles. The fourth-order valence-electron chi connectivity index (χ4n) is 1.87. The van der Waals surface area contributed by atoms with E-state index in [1.165, 1.54) is 13.3 Å². The zero-order valence-electron chi connectivity index (χ0n) is 11.4. The fourth-order valence-corrected chi connectivity index (χ4v) is 2.13. The van der Waals surface area contributed by atoms with Crippen molar-refractivity contribution in [1.82, 2.24) is 10.3 Å². The van der Waals surface area contributed by atoms with E-state index >= 15 is 0 Å². The molecule has 0 aliphatic rings. The lowest BCUT2D eigenvalue weighted by Gasteiger charge is -2.14. The van der Waals surface area contributed by atoms with E-state index in [1.54, 1.807) is 36.4 Å². The summed E-state index contributed by atoms with van der Waals surface area (Å²) in [7, 11) is 1.44. The Morgan fingerprint density at radius 3 is 2.86 bits per heavy atom. The first kappa shape index (κ1) is 15.3. The van der Waals surface area contributed by atoms with E-state index in [2.05, 4.69) is 10.3 Å². The number of rotatable bonds is 5. The minimum Gasteiger partial charge on any atom is -0.480 e. The molecule has 6 heteroatoms. The van der Waals surface area contributed by atoms with Crippen LogP contribution in [0.2, 0.25) is 5.02 Å². The number of halogens is 1. The SMILES string of the molecule is COc1ncccc1C(=O)NCC(O)c1ccccc1Cl. The summed E-state index contributed by atoms with van der Waals surface area (Å²) in [5.41, 5.74) is 0.879. The number of methoxy groups -OCH3 is 1. The fraction of sp³-hybridized carbons (Fsp3) is 0.200. The predicted molar refractivity (Wildman–Crippen MR) is 79.5 cm³/mol. The summed E-state index contributed by atoms with van der Waals surface area (Å²) in [4.78, 5) is 16.0. The van der Waals surface area contributed by atoms with Crippen LogP contribution in [0, 0.1) is 0 Å². The summed E-state index contributed by atoms with van der Waals surface area (Å²) in [5.74, 6) is -0.131. The second-order valence-electron chi connectivity index (χ2n) is 4.31. The monoisotopic (exact) mass is 306 g/mol. The highest BCUT2D eigenvalue weighted by atomic mass is 35.5. The minimum absolute atomic E-state index is 0.0423. The topological polar surface area (TPSA) is 71.5 Å². The van der Waals surface area contributed by atoms with Crippen LogP contribution in [0.5, 0.6) is 5.88 Å². The molecule has 1 aromatic heterocycles. The Morgan fingerprint density at radius 1 is 1.38 bits per heavy atom. The number of carbonyl (C=O) groups is 1. The molecule has 2 aromatic rings. The van der Waals surface area contributed by atoms with E-state index in [0.717, 1.165) is 0 Å². The van der Waals surface area contributed by atoms with Crippen LogP contribution in [0.3, 0.4) is 0 Å².